The second-order valence-corrected chi connectivity index (χ2v) is 12.1. The van der Waals surface area contributed by atoms with Gasteiger partial charge in [-0.1, -0.05) is 55.7 Å². The SMILES string of the molecule is C=CCN(C)C(=O)[C@H]1[C@H]2C(=O)N(CCCCCCO)C(C(=O)N(CC=C)c3c(C)cccc3Cl)C23CC[C@]1(CC)O3. The number of likely N-dealkylation sites (tertiary alicyclic amines) is 1. The Hall–Kier alpha value is -2.68. The number of halogens is 1. The molecule has 3 heterocycles. The second-order valence-electron chi connectivity index (χ2n) is 11.7. The molecule has 1 aromatic rings. The van der Waals surface area contributed by atoms with Crippen LogP contribution in [-0.4, -0.2) is 83.2 Å². The van der Waals surface area contributed by atoms with Crippen LogP contribution in [0.1, 0.15) is 57.4 Å². The third kappa shape index (κ3) is 5.23. The summed E-state index contributed by atoms with van der Waals surface area (Å²) in [5.74, 6) is -2.04. The Balaban J connectivity index is 1.80. The van der Waals surface area contributed by atoms with Gasteiger partial charge in [0.1, 0.15) is 11.6 Å². The van der Waals surface area contributed by atoms with Gasteiger partial charge in [0.2, 0.25) is 11.8 Å². The number of anilines is 1. The largest absolute Gasteiger partial charge is 0.396 e. The molecule has 2 unspecified atom stereocenters. The zero-order valence-electron chi connectivity index (χ0n) is 24.6. The summed E-state index contributed by atoms with van der Waals surface area (Å²) in [4.78, 5) is 48.0. The van der Waals surface area contributed by atoms with Crippen LogP contribution in [0, 0.1) is 18.8 Å². The number of likely N-dealkylation sites (N-methyl/N-ethyl adjacent to an activating group) is 1. The van der Waals surface area contributed by atoms with Gasteiger partial charge in [-0.3, -0.25) is 14.4 Å². The molecule has 2 bridgehead atoms. The smallest absolute Gasteiger partial charge is 0.253 e. The van der Waals surface area contributed by atoms with Crippen molar-refractivity contribution in [3.05, 3.63) is 54.1 Å². The summed E-state index contributed by atoms with van der Waals surface area (Å²) >= 11 is 6.65. The first-order valence-corrected chi connectivity index (χ1v) is 15.2. The molecule has 3 amide bonds. The average Bonchev–Trinajstić information content (AvgIpc) is 3.55. The maximum Gasteiger partial charge on any atom is 0.253 e. The van der Waals surface area contributed by atoms with Crippen molar-refractivity contribution in [1.29, 1.82) is 0 Å². The monoisotopic (exact) mass is 585 g/mol. The Morgan fingerprint density at radius 2 is 1.85 bits per heavy atom. The van der Waals surface area contributed by atoms with Gasteiger partial charge in [-0.05, 0) is 50.7 Å². The molecule has 41 heavy (non-hydrogen) atoms. The molecule has 5 atom stereocenters. The van der Waals surface area contributed by atoms with Crippen molar-refractivity contribution >= 4 is 35.0 Å². The molecule has 1 spiro atoms. The Kier molecular flexibility index (Phi) is 9.66. The number of hydrogen-bond acceptors (Lipinski definition) is 5. The highest BCUT2D eigenvalue weighted by atomic mass is 35.5. The van der Waals surface area contributed by atoms with E-state index in [-0.39, 0.29) is 30.9 Å². The minimum Gasteiger partial charge on any atom is -0.396 e. The zero-order valence-corrected chi connectivity index (χ0v) is 25.4. The predicted octanol–water partition coefficient (Wildman–Crippen LogP) is 4.52. The van der Waals surface area contributed by atoms with Crippen molar-refractivity contribution in [1.82, 2.24) is 9.80 Å². The van der Waals surface area contributed by atoms with Gasteiger partial charge >= 0.3 is 0 Å². The number of benzene rings is 1. The van der Waals surface area contributed by atoms with E-state index in [2.05, 4.69) is 13.2 Å². The molecule has 3 saturated heterocycles. The number of aryl methyl sites for hydroxylation is 1. The van der Waals surface area contributed by atoms with Crippen molar-refractivity contribution in [2.75, 3.05) is 38.2 Å². The molecule has 0 aliphatic carbocycles. The van der Waals surface area contributed by atoms with Crippen LogP contribution in [0.25, 0.3) is 0 Å². The fourth-order valence-corrected chi connectivity index (χ4v) is 7.74. The molecule has 9 heteroatoms. The normalized spacial score (nSPS) is 28.1. The third-order valence-electron chi connectivity index (χ3n) is 9.30. The van der Waals surface area contributed by atoms with Gasteiger partial charge in [-0.15, -0.1) is 13.2 Å². The highest BCUT2D eigenvalue weighted by Gasteiger charge is 2.79. The summed E-state index contributed by atoms with van der Waals surface area (Å²) in [6, 6.07) is 4.59. The summed E-state index contributed by atoms with van der Waals surface area (Å²) < 4.78 is 6.91. The van der Waals surface area contributed by atoms with E-state index in [1.54, 1.807) is 40.0 Å². The van der Waals surface area contributed by atoms with Crippen LogP contribution in [0.15, 0.2) is 43.5 Å². The van der Waals surface area contributed by atoms with Crippen molar-refractivity contribution < 1.29 is 24.2 Å². The quantitative estimate of drug-likeness (QED) is 0.256. The van der Waals surface area contributed by atoms with Crippen LogP contribution >= 0.6 is 11.6 Å². The molecule has 3 aliphatic heterocycles. The van der Waals surface area contributed by atoms with Crippen LogP contribution in [0.5, 0.6) is 0 Å². The number of ether oxygens (including phenoxy) is 1. The maximum atomic E-state index is 14.8. The minimum absolute atomic E-state index is 0.123. The molecule has 0 saturated carbocycles. The highest BCUT2D eigenvalue weighted by Crippen LogP contribution is 2.64. The summed E-state index contributed by atoms with van der Waals surface area (Å²) in [5.41, 5.74) is -0.491. The number of amides is 3. The maximum absolute atomic E-state index is 14.8. The van der Waals surface area contributed by atoms with E-state index in [1.165, 1.54) is 0 Å². The lowest BCUT2D eigenvalue weighted by Crippen LogP contribution is -2.56. The van der Waals surface area contributed by atoms with E-state index in [1.807, 2.05) is 26.0 Å². The van der Waals surface area contributed by atoms with Crippen molar-refractivity contribution in [2.24, 2.45) is 11.8 Å². The van der Waals surface area contributed by atoms with E-state index in [0.29, 0.717) is 55.9 Å². The Labute approximate surface area is 248 Å². The second kappa shape index (κ2) is 12.7. The van der Waals surface area contributed by atoms with Crippen molar-refractivity contribution in [3.8, 4) is 0 Å². The number of aliphatic hydroxyl groups is 1. The van der Waals surface area contributed by atoms with Crippen molar-refractivity contribution in [3.63, 3.8) is 0 Å². The van der Waals surface area contributed by atoms with Gasteiger partial charge in [0.25, 0.3) is 5.91 Å². The number of carbonyl (C=O) groups is 3. The zero-order chi connectivity index (χ0) is 29.9. The lowest BCUT2D eigenvalue weighted by Gasteiger charge is -2.37. The van der Waals surface area contributed by atoms with E-state index >= 15 is 0 Å². The Morgan fingerprint density at radius 1 is 1.15 bits per heavy atom. The van der Waals surface area contributed by atoms with Gasteiger partial charge in [0, 0.05) is 33.3 Å². The molecule has 3 aliphatic rings. The number of fused-ring (bicyclic) bond motifs is 1. The summed E-state index contributed by atoms with van der Waals surface area (Å²) in [5, 5.41) is 9.64. The third-order valence-corrected chi connectivity index (χ3v) is 9.61. The number of rotatable bonds is 14. The first kappa shape index (κ1) is 31.3. The number of para-hydroxylation sites is 1. The Morgan fingerprint density at radius 3 is 2.49 bits per heavy atom. The molecule has 8 nitrogen and oxygen atoms in total. The van der Waals surface area contributed by atoms with Crippen LogP contribution in [0.4, 0.5) is 5.69 Å². The standard InChI is InChI=1S/C32H44ClN3O5/c1-6-18-34(5)28(38)24-25-29(39)36(20-11-9-10-12-21-37)27(32(25)17-16-31(24,8-3)41-32)30(40)35(19-7-2)26-22(4)14-13-15-23(26)33/h6-7,13-15,24-25,27,37H,1-2,8-12,16-21H2,3-5H3/t24-,25+,27?,31+,32?/m1/s1. The molecular weight excluding hydrogens is 542 g/mol. The molecule has 4 rings (SSSR count). The van der Waals surface area contributed by atoms with Crippen LogP contribution < -0.4 is 4.90 Å². The summed E-state index contributed by atoms with van der Waals surface area (Å²) in [7, 11) is 1.72. The van der Waals surface area contributed by atoms with E-state index in [9.17, 15) is 19.5 Å². The fraction of sp³-hybridized carbons (Fsp3) is 0.594. The van der Waals surface area contributed by atoms with Crippen LogP contribution in [0.3, 0.4) is 0 Å². The number of carbonyl (C=O) groups excluding carboxylic acids is 3. The number of nitrogens with zero attached hydrogens (tertiary/aromatic N) is 3. The lowest BCUT2D eigenvalue weighted by molar-refractivity contribution is -0.150. The molecule has 224 valence electrons. The number of hydrogen-bond donors (Lipinski definition) is 1. The summed E-state index contributed by atoms with van der Waals surface area (Å²) in [6.45, 7) is 12.6. The number of aliphatic hydroxyl groups excluding tert-OH is 1. The fourth-order valence-electron chi connectivity index (χ4n) is 7.41. The van der Waals surface area contributed by atoms with Gasteiger partial charge in [-0.25, -0.2) is 0 Å². The molecule has 0 aromatic heterocycles. The minimum atomic E-state index is -1.11. The molecule has 1 aromatic carbocycles. The molecular formula is C32H44ClN3O5. The molecule has 1 N–H and O–H groups in total. The van der Waals surface area contributed by atoms with Gasteiger partial charge in [0.15, 0.2) is 0 Å². The summed E-state index contributed by atoms with van der Waals surface area (Å²) in [6.07, 6.45) is 8.03. The average molecular weight is 586 g/mol. The Bertz CT molecular complexity index is 1170. The van der Waals surface area contributed by atoms with Crippen LogP contribution in [0.2, 0.25) is 5.02 Å². The highest BCUT2D eigenvalue weighted by molar-refractivity contribution is 6.34. The first-order chi connectivity index (χ1) is 19.6. The van der Waals surface area contributed by atoms with Crippen LogP contribution in [-0.2, 0) is 19.1 Å². The van der Waals surface area contributed by atoms with Gasteiger partial charge in [-0.2, -0.15) is 0 Å². The predicted molar refractivity (Wildman–Crippen MR) is 161 cm³/mol. The first-order valence-electron chi connectivity index (χ1n) is 14.8. The van der Waals surface area contributed by atoms with E-state index in [0.717, 1.165) is 18.4 Å². The van der Waals surface area contributed by atoms with Gasteiger partial charge in [0.05, 0.1) is 28.1 Å². The van der Waals surface area contributed by atoms with E-state index in [4.69, 9.17) is 16.3 Å². The molecule has 0 radical (unpaired) electrons. The van der Waals surface area contributed by atoms with Gasteiger partial charge < -0.3 is 24.5 Å². The lowest BCUT2D eigenvalue weighted by atomic mass is 9.64. The van der Waals surface area contributed by atoms with Crippen molar-refractivity contribution in [2.45, 2.75) is 76.0 Å². The topological polar surface area (TPSA) is 90.4 Å². The molecule has 3 fully saturated rings. The van der Waals surface area contributed by atoms with E-state index < -0.39 is 29.1 Å². The number of unbranched alkanes of at least 4 members (excludes halogenated alkanes) is 3.